The SMILES string of the molecule is C[C@H](NC(=O)c1ccc(CC2CCNCC2)cc1)c1ccc(F)cc1. The third-order valence-corrected chi connectivity index (χ3v) is 4.92. The molecule has 132 valence electrons. The van der Waals surface area contributed by atoms with Gasteiger partial charge in [-0.25, -0.2) is 4.39 Å². The van der Waals surface area contributed by atoms with Crippen LogP contribution < -0.4 is 10.6 Å². The van der Waals surface area contributed by atoms with Gasteiger partial charge in [0.25, 0.3) is 5.91 Å². The van der Waals surface area contributed by atoms with E-state index in [2.05, 4.69) is 22.8 Å². The lowest BCUT2D eigenvalue weighted by molar-refractivity contribution is 0.0940. The van der Waals surface area contributed by atoms with Crippen molar-refractivity contribution in [2.75, 3.05) is 13.1 Å². The molecule has 2 aromatic carbocycles. The third kappa shape index (κ3) is 4.89. The van der Waals surface area contributed by atoms with Gasteiger partial charge < -0.3 is 10.6 Å². The van der Waals surface area contributed by atoms with Crippen LogP contribution in [0.15, 0.2) is 48.5 Å². The van der Waals surface area contributed by atoms with Crippen molar-refractivity contribution in [3.05, 3.63) is 71.0 Å². The van der Waals surface area contributed by atoms with Crippen molar-refractivity contribution in [3.8, 4) is 0 Å². The van der Waals surface area contributed by atoms with E-state index in [1.807, 2.05) is 19.1 Å². The Morgan fingerprint density at radius 1 is 1.12 bits per heavy atom. The van der Waals surface area contributed by atoms with Crippen molar-refractivity contribution in [2.24, 2.45) is 5.92 Å². The summed E-state index contributed by atoms with van der Waals surface area (Å²) in [5.41, 5.74) is 2.83. The van der Waals surface area contributed by atoms with Crippen LogP contribution in [0, 0.1) is 11.7 Å². The summed E-state index contributed by atoms with van der Waals surface area (Å²) in [7, 11) is 0. The van der Waals surface area contributed by atoms with Crippen molar-refractivity contribution in [2.45, 2.75) is 32.2 Å². The maximum absolute atomic E-state index is 13.0. The highest BCUT2D eigenvalue weighted by Crippen LogP contribution is 2.19. The predicted molar refractivity (Wildman–Crippen MR) is 98.0 cm³/mol. The first kappa shape index (κ1) is 17.6. The van der Waals surface area contributed by atoms with E-state index in [9.17, 15) is 9.18 Å². The van der Waals surface area contributed by atoms with Gasteiger partial charge in [-0.2, -0.15) is 0 Å². The van der Waals surface area contributed by atoms with Crippen LogP contribution in [0.2, 0.25) is 0 Å². The van der Waals surface area contributed by atoms with E-state index in [4.69, 9.17) is 0 Å². The summed E-state index contributed by atoms with van der Waals surface area (Å²) in [5.74, 6) is 0.358. The van der Waals surface area contributed by atoms with E-state index in [-0.39, 0.29) is 17.8 Å². The quantitative estimate of drug-likeness (QED) is 0.868. The molecule has 1 aliphatic rings. The highest BCUT2D eigenvalue weighted by Gasteiger charge is 2.15. The average Bonchev–Trinajstić information content (AvgIpc) is 2.63. The molecular weight excluding hydrogens is 315 g/mol. The Bertz CT molecular complexity index is 691. The zero-order valence-electron chi connectivity index (χ0n) is 14.6. The lowest BCUT2D eigenvalue weighted by atomic mass is 9.91. The Labute approximate surface area is 148 Å². The maximum atomic E-state index is 13.0. The van der Waals surface area contributed by atoms with Crippen LogP contribution in [0.25, 0.3) is 0 Å². The molecule has 1 amide bonds. The average molecular weight is 340 g/mol. The van der Waals surface area contributed by atoms with Gasteiger partial charge in [0.1, 0.15) is 5.82 Å². The molecule has 3 rings (SSSR count). The Balaban J connectivity index is 1.57. The van der Waals surface area contributed by atoms with Gasteiger partial charge in [0.15, 0.2) is 0 Å². The summed E-state index contributed by atoms with van der Waals surface area (Å²) in [6.45, 7) is 4.11. The molecule has 25 heavy (non-hydrogen) atoms. The largest absolute Gasteiger partial charge is 0.346 e. The van der Waals surface area contributed by atoms with Gasteiger partial charge in [-0.05, 0) is 80.6 Å². The molecule has 3 nitrogen and oxygen atoms in total. The van der Waals surface area contributed by atoms with Gasteiger partial charge in [-0.3, -0.25) is 4.79 Å². The minimum Gasteiger partial charge on any atom is -0.346 e. The summed E-state index contributed by atoms with van der Waals surface area (Å²) in [6, 6.07) is 13.9. The molecule has 0 unspecified atom stereocenters. The molecule has 0 saturated carbocycles. The highest BCUT2D eigenvalue weighted by molar-refractivity contribution is 5.94. The van der Waals surface area contributed by atoms with Crippen LogP contribution in [0.1, 0.15) is 47.3 Å². The number of rotatable bonds is 5. The maximum Gasteiger partial charge on any atom is 0.251 e. The summed E-state index contributed by atoms with van der Waals surface area (Å²) in [5, 5.41) is 6.35. The van der Waals surface area contributed by atoms with Crippen molar-refractivity contribution in [1.82, 2.24) is 10.6 Å². The Morgan fingerprint density at radius 3 is 2.40 bits per heavy atom. The van der Waals surface area contributed by atoms with Crippen LogP contribution in [0.3, 0.4) is 0 Å². The molecular formula is C21H25FN2O. The number of hydrogen-bond acceptors (Lipinski definition) is 2. The molecule has 0 bridgehead atoms. The topological polar surface area (TPSA) is 41.1 Å². The fourth-order valence-corrected chi connectivity index (χ4v) is 3.33. The number of carbonyl (C=O) groups is 1. The molecule has 2 aromatic rings. The van der Waals surface area contributed by atoms with Gasteiger partial charge in [-0.1, -0.05) is 24.3 Å². The highest BCUT2D eigenvalue weighted by atomic mass is 19.1. The molecule has 1 saturated heterocycles. The summed E-state index contributed by atoms with van der Waals surface area (Å²) in [4.78, 5) is 12.4. The molecule has 0 aromatic heterocycles. The number of halogens is 1. The first-order valence-corrected chi connectivity index (χ1v) is 8.98. The molecule has 1 atom stereocenters. The number of amides is 1. The summed E-state index contributed by atoms with van der Waals surface area (Å²) >= 11 is 0. The van der Waals surface area contributed by atoms with Crippen molar-refractivity contribution in [3.63, 3.8) is 0 Å². The van der Waals surface area contributed by atoms with E-state index >= 15 is 0 Å². The van der Waals surface area contributed by atoms with Crippen LogP contribution in [0.5, 0.6) is 0 Å². The van der Waals surface area contributed by atoms with Gasteiger partial charge in [-0.15, -0.1) is 0 Å². The van der Waals surface area contributed by atoms with Crippen LogP contribution >= 0.6 is 0 Å². The fourth-order valence-electron chi connectivity index (χ4n) is 3.33. The number of carbonyl (C=O) groups excluding carboxylic acids is 1. The standard InChI is InChI=1S/C21H25FN2O/c1-15(18-6-8-20(22)9-7-18)24-21(25)19-4-2-16(3-5-19)14-17-10-12-23-13-11-17/h2-9,15,17,23H,10-14H2,1H3,(H,24,25)/t15-/m0/s1. The van der Waals surface area contributed by atoms with Crippen LogP contribution in [-0.4, -0.2) is 19.0 Å². The molecule has 0 spiro atoms. The molecule has 0 radical (unpaired) electrons. The molecule has 1 heterocycles. The van der Waals surface area contributed by atoms with Crippen molar-refractivity contribution in [1.29, 1.82) is 0 Å². The zero-order valence-corrected chi connectivity index (χ0v) is 14.6. The lowest BCUT2D eigenvalue weighted by Crippen LogP contribution is -2.28. The van der Waals surface area contributed by atoms with Crippen LogP contribution in [0.4, 0.5) is 4.39 Å². The minimum atomic E-state index is -0.272. The lowest BCUT2D eigenvalue weighted by Gasteiger charge is -2.22. The van der Waals surface area contributed by atoms with E-state index in [1.165, 1.54) is 30.5 Å². The molecule has 4 heteroatoms. The molecule has 2 N–H and O–H groups in total. The monoisotopic (exact) mass is 340 g/mol. The van der Waals surface area contributed by atoms with E-state index in [0.717, 1.165) is 31.0 Å². The molecule has 0 aliphatic carbocycles. The van der Waals surface area contributed by atoms with E-state index < -0.39 is 0 Å². The molecule has 1 aliphatic heterocycles. The summed E-state index contributed by atoms with van der Waals surface area (Å²) in [6.07, 6.45) is 3.52. The zero-order chi connectivity index (χ0) is 17.6. The van der Waals surface area contributed by atoms with Crippen molar-refractivity contribution < 1.29 is 9.18 Å². The fraction of sp³-hybridized carbons (Fsp3) is 0.381. The summed E-state index contributed by atoms with van der Waals surface area (Å²) < 4.78 is 13.0. The van der Waals surface area contributed by atoms with Gasteiger partial charge in [0.05, 0.1) is 6.04 Å². The number of benzene rings is 2. The first-order chi connectivity index (χ1) is 12.1. The second-order valence-corrected chi connectivity index (χ2v) is 6.84. The number of piperidine rings is 1. The minimum absolute atomic E-state index is 0.106. The smallest absolute Gasteiger partial charge is 0.251 e. The Hall–Kier alpha value is -2.20. The molecule has 1 fully saturated rings. The number of hydrogen-bond donors (Lipinski definition) is 2. The van der Waals surface area contributed by atoms with Gasteiger partial charge >= 0.3 is 0 Å². The second-order valence-electron chi connectivity index (χ2n) is 6.84. The van der Waals surface area contributed by atoms with E-state index in [1.54, 1.807) is 12.1 Å². The van der Waals surface area contributed by atoms with Crippen LogP contribution in [-0.2, 0) is 6.42 Å². The third-order valence-electron chi connectivity index (χ3n) is 4.92. The normalized spacial score (nSPS) is 16.4. The van der Waals surface area contributed by atoms with Crippen molar-refractivity contribution >= 4 is 5.91 Å². The first-order valence-electron chi connectivity index (χ1n) is 8.98. The number of nitrogens with one attached hydrogen (secondary N) is 2. The van der Waals surface area contributed by atoms with Gasteiger partial charge in [0.2, 0.25) is 0 Å². The van der Waals surface area contributed by atoms with E-state index in [0.29, 0.717) is 5.56 Å². The Morgan fingerprint density at radius 2 is 1.76 bits per heavy atom. The second kappa shape index (κ2) is 8.26. The Kier molecular flexibility index (Phi) is 5.82. The van der Waals surface area contributed by atoms with Gasteiger partial charge in [0, 0.05) is 5.56 Å². The predicted octanol–water partition coefficient (Wildman–Crippen LogP) is 3.86.